The predicted molar refractivity (Wildman–Crippen MR) is 68.7 cm³/mol. The molecule has 0 spiro atoms. The van der Waals surface area contributed by atoms with Crippen LogP contribution in [-0.4, -0.2) is 18.0 Å². The Kier molecular flexibility index (Phi) is 4.14. The van der Waals surface area contributed by atoms with E-state index in [0.29, 0.717) is 6.54 Å². The van der Waals surface area contributed by atoms with Crippen molar-refractivity contribution in [2.45, 2.75) is 37.6 Å². The maximum absolute atomic E-state index is 13.0. The smallest absolute Gasteiger partial charge is 0.251 e. The van der Waals surface area contributed by atoms with Gasteiger partial charge in [-0.05, 0) is 25.0 Å². The van der Waals surface area contributed by atoms with Crippen LogP contribution in [0.4, 0.5) is 8.78 Å². The fourth-order valence-electron chi connectivity index (χ4n) is 2.48. The summed E-state index contributed by atoms with van der Waals surface area (Å²) in [6.45, 7) is 0.337. The van der Waals surface area contributed by atoms with E-state index in [-0.39, 0.29) is 11.1 Å². The first-order chi connectivity index (χ1) is 8.98. The lowest BCUT2D eigenvalue weighted by Crippen LogP contribution is -2.51. The van der Waals surface area contributed by atoms with E-state index in [1.54, 1.807) is 0 Å². The molecule has 0 radical (unpaired) electrons. The molecule has 1 amide bonds. The van der Waals surface area contributed by atoms with Crippen molar-refractivity contribution in [3.05, 3.63) is 35.4 Å². The number of benzene rings is 1. The van der Waals surface area contributed by atoms with Gasteiger partial charge in [0.15, 0.2) is 0 Å². The highest BCUT2D eigenvalue weighted by molar-refractivity contribution is 5.94. The first-order valence-corrected chi connectivity index (χ1v) is 6.52. The fraction of sp³-hybridized carbons (Fsp3) is 0.500. The molecular weight excluding hydrogens is 250 g/mol. The molecule has 3 N–H and O–H groups in total. The zero-order chi connectivity index (χ0) is 13.9. The molecule has 1 aliphatic carbocycles. The number of rotatable bonds is 3. The third-order valence-corrected chi connectivity index (χ3v) is 3.58. The molecule has 1 aromatic carbocycles. The summed E-state index contributed by atoms with van der Waals surface area (Å²) >= 11 is 0. The maximum atomic E-state index is 13.0. The highest BCUT2D eigenvalue weighted by Crippen LogP contribution is 2.25. The summed E-state index contributed by atoms with van der Waals surface area (Å²) in [4.78, 5) is 11.8. The number of nitrogens with two attached hydrogens (primary N) is 1. The summed E-state index contributed by atoms with van der Waals surface area (Å²) < 4.78 is 26.0. The molecule has 5 heteroatoms. The Labute approximate surface area is 111 Å². The van der Waals surface area contributed by atoms with E-state index in [2.05, 4.69) is 5.32 Å². The van der Waals surface area contributed by atoms with Crippen LogP contribution in [0.2, 0.25) is 0 Å². The highest BCUT2D eigenvalue weighted by Gasteiger charge is 2.27. The Morgan fingerprint density at radius 2 is 1.74 bits per heavy atom. The molecule has 0 unspecified atom stereocenters. The molecule has 0 atom stereocenters. The zero-order valence-corrected chi connectivity index (χ0v) is 10.7. The van der Waals surface area contributed by atoms with Crippen molar-refractivity contribution in [1.82, 2.24) is 5.32 Å². The SMILES string of the molecule is NC1(CNC(=O)c2cc(F)cc(F)c2)CCCCC1. The number of nitrogens with one attached hydrogen (secondary N) is 1. The van der Waals surface area contributed by atoms with Gasteiger partial charge in [-0.25, -0.2) is 8.78 Å². The number of hydrogen-bond acceptors (Lipinski definition) is 2. The monoisotopic (exact) mass is 268 g/mol. The van der Waals surface area contributed by atoms with E-state index in [9.17, 15) is 13.6 Å². The molecule has 0 aliphatic heterocycles. The van der Waals surface area contributed by atoms with Crippen LogP contribution < -0.4 is 11.1 Å². The largest absolute Gasteiger partial charge is 0.350 e. The number of carbonyl (C=O) groups excluding carboxylic acids is 1. The molecular formula is C14H18F2N2O. The lowest BCUT2D eigenvalue weighted by atomic mass is 9.82. The standard InChI is InChI=1S/C14H18F2N2O/c15-11-6-10(7-12(16)8-11)13(19)18-9-14(17)4-2-1-3-5-14/h6-8H,1-5,9,17H2,(H,18,19). The van der Waals surface area contributed by atoms with Gasteiger partial charge in [-0.3, -0.25) is 4.79 Å². The molecule has 1 saturated carbocycles. The fourth-order valence-corrected chi connectivity index (χ4v) is 2.48. The average Bonchev–Trinajstić information content (AvgIpc) is 2.36. The van der Waals surface area contributed by atoms with Crippen LogP contribution in [0.25, 0.3) is 0 Å². The van der Waals surface area contributed by atoms with Crippen molar-refractivity contribution >= 4 is 5.91 Å². The Balaban J connectivity index is 1.97. The van der Waals surface area contributed by atoms with Crippen LogP contribution in [0, 0.1) is 11.6 Å². The molecule has 104 valence electrons. The molecule has 0 aromatic heterocycles. The van der Waals surface area contributed by atoms with Crippen molar-refractivity contribution in [2.75, 3.05) is 6.54 Å². The minimum Gasteiger partial charge on any atom is -0.350 e. The van der Waals surface area contributed by atoms with E-state index >= 15 is 0 Å². The van der Waals surface area contributed by atoms with Crippen LogP contribution in [0.5, 0.6) is 0 Å². The first-order valence-electron chi connectivity index (χ1n) is 6.52. The van der Waals surface area contributed by atoms with Gasteiger partial charge in [0.05, 0.1) is 0 Å². The van der Waals surface area contributed by atoms with Crippen molar-refractivity contribution in [3.8, 4) is 0 Å². The Morgan fingerprint density at radius 3 is 2.32 bits per heavy atom. The van der Waals surface area contributed by atoms with Gasteiger partial charge >= 0.3 is 0 Å². The second-order valence-corrected chi connectivity index (χ2v) is 5.26. The van der Waals surface area contributed by atoms with Crippen LogP contribution in [-0.2, 0) is 0 Å². The van der Waals surface area contributed by atoms with Crippen LogP contribution in [0.1, 0.15) is 42.5 Å². The Bertz CT molecular complexity index is 450. The minimum atomic E-state index is -0.759. The predicted octanol–water partition coefficient (Wildman–Crippen LogP) is 2.36. The van der Waals surface area contributed by atoms with Crippen molar-refractivity contribution < 1.29 is 13.6 Å². The summed E-state index contributed by atoms with van der Waals surface area (Å²) in [6, 6.07) is 2.77. The number of carbonyl (C=O) groups is 1. The van der Waals surface area contributed by atoms with E-state index in [4.69, 9.17) is 5.73 Å². The Hall–Kier alpha value is -1.49. The quantitative estimate of drug-likeness (QED) is 0.884. The second kappa shape index (κ2) is 5.65. The number of hydrogen-bond donors (Lipinski definition) is 2. The van der Waals surface area contributed by atoms with E-state index < -0.39 is 17.5 Å². The summed E-state index contributed by atoms with van der Waals surface area (Å²) in [5, 5.41) is 2.67. The third kappa shape index (κ3) is 3.73. The van der Waals surface area contributed by atoms with Crippen LogP contribution >= 0.6 is 0 Å². The van der Waals surface area contributed by atoms with Crippen LogP contribution in [0.15, 0.2) is 18.2 Å². The van der Waals surface area contributed by atoms with E-state index in [1.165, 1.54) is 6.42 Å². The zero-order valence-electron chi connectivity index (χ0n) is 10.7. The molecule has 1 aromatic rings. The highest BCUT2D eigenvalue weighted by atomic mass is 19.1. The molecule has 3 nitrogen and oxygen atoms in total. The van der Waals surface area contributed by atoms with Gasteiger partial charge in [-0.1, -0.05) is 19.3 Å². The van der Waals surface area contributed by atoms with Gasteiger partial charge in [-0.15, -0.1) is 0 Å². The molecule has 0 saturated heterocycles. The molecule has 0 bridgehead atoms. The summed E-state index contributed by atoms with van der Waals surface area (Å²) in [5.74, 6) is -2.01. The maximum Gasteiger partial charge on any atom is 0.251 e. The van der Waals surface area contributed by atoms with Crippen molar-refractivity contribution in [3.63, 3.8) is 0 Å². The average molecular weight is 268 g/mol. The van der Waals surface area contributed by atoms with Gasteiger partial charge in [-0.2, -0.15) is 0 Å². The van der Waals surface area contributed by atoms with E-state index in [0.717, 1.165) is 43.9 Å². The minimum absolute atomic E-state index is 0.0168. The van der Waals surface area contributed by atoms with Gasteiger partial charge < -0.3 is 11.1 Å². The molecule has 0 heterocycles. The third-order valence-electron chi connectivity index (χ3n) is 3.58. The van der Waals surface area contributed by atoms with Gasteiger partial charge in [0.2, 0.25) is 0 Å². The number of amides is 1. The Morgan fingerprint density at radius 1 is 1.16 bits per heavy atom. The molecule has 1 aliphatic rings. The van der Waals surface area contributed by atoms with Gasteiger partial charge in [0.1, 0.15) is 11.6 Å². The lowest BCUT2D eigenvalue weighted by molar-refractivity contribution is 0.0936. The summed E-state index contributed by atoms with van der Waals surface area (Å²) in [6.07, 6.45) is 5.01. The van der Waals surface area contributed by atoms with Gasteiger partial charge in [0.25, 0.3) is 5.91 Å². The van der Waals surface area contributed by atoms with E-state index in [1.807, 2.05) is 0 Å². The normalized spacial score (nSPS) is 18.1. The summed E-state index contributed by atoms with van der Waals surface area (Å²) in [7, 11) is 0. The molecule has 1 fully saturated rings. The summed E-state index contributed by atoms with van der Waals surface area (Å²) in [5.41, 5.74) is 5.78. The topological polar surface area (TPSA) is 55.1 Å². The van der Waals surface area contributed by atoms with Crippen LogP contribution in [0.3, 0.4) is 0 Å². The lowest BCUT2D eigenvalue weighted by Gasteiger charge is -2.33. The number of halogens is 2. The van der Waals surface area contributed by atoms with Gasteiger partial charge in [0, 0.05) is 23.7 Å². The molecule has 2 rings (SSSR count). The molecule has 19 heavy (non-hydrogen) atoms. The van der Waals surface area contributed by atoms with Crippen molar-refractivity contribution in [1.29, 1.82) is 0 Å². The second-order valence-electron chi connectivity index (χ2n) is 5.26. The first kappa shape index (κ1) is 13.9. The van der Waals surface area contributed by atoms with Crippen molar-refractivity contribution in [2.24, 2.45) is 5.73 Å².